The number of rotatable bonds is 8. The van der Waals surface area contributed by atoms with Crippen LogP contribution in [0.2, 0.25) is 0 Å². The molecule has 0 saturated carbocycles. The molecule has 0 radical (unpaired) electrons. The number of hydrogen-bond acceptors (Lipinski definition) is 5. The zero-order valence-electron chi connectivity index (χ0n) is 9.90. The minimum absolute atomic E-state index is 0.00142. The van der Waals surface area contributed by atoms with Crippen molar-refractivity contribution < 1.29 is 19.7 Å². The lowest BCUT2D eigenvalue weighted by Crippen LogP contribution is -2.35. The van der Waals surface area contributed by atoms with Crippen LogP contribution in [0.3, 0.4) is 0 Å². The molecule has 0 heterocycles. The Labute approximate surface area is 96.0 Å². The number of hydrogen-bond donors (Lipinski definition) is 4. The molecule has 16 heavy (non-hydrogen) atoms. The number of aliphatic hydroxyl groups excluding tert-OH is 2. The van der Waals surface area contributed by atoms with Gasteiger partial charge in [0.1, 0.15) is 0 Å². The zero-order valence-corrected chi connectivity index (χ0v) is 9.90. The summed E-state index contributed by atoms with van der Waals surface area (Å²) in [5.74, 6) is 0. The fourth-order valence-electron chi connectivity index (χ4n) is 1.16. The van der Waals surface area contributed by atoms with Crippen LogP contribution in [0, 0.1) is 0 Å². The van der Waals surface area contributed by atoms with Crippen LogP contribution in [-0.2, 0) is 4.74 Å². The van der Waals surface area contributed by atoms with Crippen molar-refractivity contribution in [2.24, 2.45) is 0 Å². The molecule has 0 aliphatic heterocycles. The molecular formula is C10H22N2O4. The van der Waals surface area contributed by atoms with Gasteiger partial charge in [0, 0.05) is 12.6 Å². The van der Waals surface area contributed by atoms with Gasteiger partial charge < -0.3 is 25.6 Å². The van der Waals surface area contributed by atoms with E-state index in [1.54, 1.807) is 0 Å². The van der Waals surface area contributed by atoms with E-state index in [1.807, 2.05) is 7.05 Å². The quantitative estimate of drug-likeness (QED) is 0.452. The molecule has 0 spiro atoms. The van der Waals surface area contributed by atoms with Crippen molar-refractivity contribution >= 4 is 6.09 Å². The summed E-state index contributed by atoms with van der Waals surface area (Å²) in [6, 6.07) is 0.343. The highest BCUT2D eigenvalue weighted by Gasteiger charge is 2.08. The van der Waals surface area contributed by atoms with Crippen molar-refractivity contribution in [1.29, 1.82) is 0 Å². The lowest BCUT2D eigenvalue weighted by molar-refractivity contribution is 0.0880. The molecule has 0 fully saturated rings. The normalized spacial score (nSPS) is 14.2. The highest BCUT2D eigenvalue weighted by Crippen LogP contribution is 1.96. The van der Waals surface area contributed by atoms with Gasteiger partial charge in [0.25, 0.3) is 0 Å². The fraction of sp³-hybridized carbons (Fsp3) is 0.900. The van der Waals surface area contributed by atoms with Gasteiger partial charge in [-0.15, -0.1) is 0 Å². The molecule has 6 nitrogen and oxygen atoms in total. The van der Waals surface area contributed by atoms with Crippen LogP contribution in [0.4, 0.5) is 4.79 Å². The van der Waals surface area contributed by atoms with Crippen molar-refractivity contribution in [3.8, 4) is 0 Å². The maximum absolute atomic E-state index is 11.1. The topological polar surface area (TPSA) is 90.8 Å². The number of nitrogens with one attached hydrogen (secondary N) is 2. The molecule has 0 rings (SSSR count). The van der Waals surface area contributed by atoms with E-state index >= 15 is 0 Å². The van der Waals surface area contributed by atoms with Gasteiger partial charge in [-0.1, -0.05) is 6.92 Å². The number of carbonyl (C=O) groups is 1. The number of alkyl carbamates (subject to hydrolysis) is 1. The third-order valence-electron chi connectivity index (χ3n) is 2.29. The van der Waals surface area contributed by atoms with Gasteiger partial charge in [-0.05, 0) is 19.9 Å². The molecule has 0 aromatic heterocycles. The fourth-order valence-corrected chi connectivity index (χ4v) is 1.16. The monoisotopic (exact) mass is 234 g/mol. The summed E-state index contributed by atoms with van der Waals surface area (Å²) in [4.78, 5) is 11.1. The largest absolute Gasteiger partial charge is 0.450 e. The molecule has 4 N–H and O–H groups in total. The van der Waals surface area contributed by atoms with Crippen molar-refractivity contribution in [3.05, 3.63) is 0 Å². The second-order valence-electron chi connectivity index (χ2n) is 3.54. The molecule has 0 aliphatic rings. The summed E-state index contributed by atoms with van der Waals surface area (Å²) >= 11 is 0. The predicted octanol–water partition coefficient (Wildman–Crippen LogP) is -0.546. The van der Waals surface area contributed by atoms with Gasteiger partial charge in [-0.2, -0.15) is 0 Å². The first kappa shape index (κ1) is 15.2. The van der Waals surface area contributed by atoms with E-state index in [0.717, 1.165) is 12.8 Å². The van der Waals surface area contributed by atoms with Gasteiger partial charge in [0.05, 0.1) is 19.3 Å². The summed E-state index contributed by atoms with van der Waals surface area (Å²) in [7, 11) is 1.87. The van der Waals surface area contributed by atoms with Crippen molar-refractivity contribution in [3.63, 3.8) is 0 Å². The number of ether oxygens (including phenoxy) is 1. The molecule has 0 saturated heterocycles. The second-order valence-corrected chi connectivity index (χ2v) is 3.54. The van der Waals surface area contributed by atoms with Gasteiger partial charge in [-0.3, -0.25) is 0 Å². The van der Waals surface area contributed by atoms with E-state index in [0.29, 0.717) is 12.6 Å². The Bertz CT molecular complexity index is 186. The zero-order chi connectivity index (χ0) is 12.4. The first-order chi connectivity index (χ1) is 7.63. The van der Waals surface area contributed by atoms with Gasteiger partial charge in [-0.25, -0.2) is 4.79 Å². The third-order valence-corrected chi connectivity index (χ3v) is 2.29. The molecule has 6 heteroatoms. The minimum atomic E-state index is -0.937. The summed E-state index contributed by atoms with van der Waals surface area (Å²) in [5, 5.41) is 22.9. The summed E-state index contributed by atoms with van der Waals surface area (Å²) in [5.41, 5.74) is 0. The van der Waals surface area contributed by atoms with Gasteiger partial charge in [0.15, 0.2) is 0 Å². The third kappa shape index (κ3) is 7.44. The molecule has 0 aromatic carbocycles. The Morgan fingerprint density at radius 2 is 2.19 bits per heavy atom. The highest BCUT2D eigenvalue weighted by molar-refractivity contribution is 5.67. The molecular weight excluding hydrogens is 212 g/mol. The molecule has 96 valence electrons. The van der Waals surface area contributed by atoms with Crippen molar-refractivity contribution in [2.75, 3.05) is 26.8 Å². The van der Waals surface area contributed by atoms with Crippen LogP contribution in [0.25, 0.3) is 0 Å². The predicted molar refractivity (Wildman–Crippen MR) is 60.2 cm³/mol. The average Bonchev–Trinajstić information content (AvgIpc) is 2.31. The number of aliphatic hydroxyl groups is 2. The Morgan fingerprint density at radius 1 is 1.50 bits per heavy atom. The Morgan fingerprint density at radius 3 is 2.69 bits per heavy atom. The lowest BCUT2D eigenvalue weighted by Gasteiger charge is -2.14. The first-order valence-corrected chi connectivity index (χ1v) is 5.50. The molecule has 2 unspecified atom stereocenters. The molecule has 0 aliphatic carbocycles. The SMILES string of the molecule is CCC(CCOC(=O)NCC(O)CO)NC. The molecule has 0 bridgehead atoms. The van der Waals surface area contributed by atoms with Gasteiger partial charge >= 0.3 is 6.09 Å². The smallest absolute Gasteiger partial charge is 0.407 e. The maximum atomic E-state index is 11.1. The Kier molecular flexibility index (Phi) is 8.88. The second kappa shape index (κ2) is 9.38. The Balaban J connectivity index is 3.50. The summed E-state index contributed by atoms with van der Waals surface area (Å²) in [6.07, 6.45) is 0.222. The summed E-state index contributed by atoms with van der Waals surface area (Å²) in [6.45, 7) is 2.01. The Hall–Kier alpha value is -0.850. The first-order valence-electron chi connectivity index (χ1n) is 5.50. The highest BCUT2D eigenvalue weighted by atomic mass is 16.5. The number of amides is 1. The van der Waals surface area contributed by atoms with Gasteiger partial charge in [0.2, 0.25) is 0 Å². The maximum Gasteiger partial charge on any atom is 0.407 e. The minimum Gasteiger partial charge on any atom is -0.450 e. The standard InChI is InChI=1S/C10H22N2O4/c1-3-8(11-2)4-5-16-10(15)12-6-9(14)7-13/h8-9,11,13-14H,3-7H2,1-2H3,(H,12,15). The van der Waals surface area contributed by atoms with Crippen LogP contribution < -0.4 is 10.6 Å². The average molecular weight is 234 g/mol. The van der Waals surface area contributed by atoms with Crippen LogP contribution in [0.5, 0.6) is 0 Å². The summed E-state index contributed by atoms with van der Waals surface area (Å²) < 4.78 is 4.89. The van der Waals surface area contributed by atoms with Crippen LogP contribution in [0.15, 0.2) is 0 Å². The van der Waals surface area contributed by atoms with E-state index in [4.69, 9.17) is 14.9 Å². The lowest BCUT2D eigenvalue weighted by atomic mass is 10.2. The molecule has 2 atom stereocenters. The van der Waals surface area contributed by atoms with E-state index in [1.165, 1.54) is 0 Å². The van der Waals surface area contributed by atoms with E-state index in [2.05, 4.69) is 17.6 Å². The molecule has 0 aromatic rings. The number of carbonyl (C=O) groups excluding carboxylic acids is 1. The van der Waals surface area contributed by atoms with E-state index in [9.17, 15) is 4.79 Å². The van der Waals surface area contributed by atoms with Crippen LogP contribution in [0.1, 0.15) is 19.8 Å². The van der Waals surface area contributed by atoms with Crippen molar-refractivity contribution in [2.45, 2.75) is 31.9 Å². The van der Waals surface area contributed by atoms with Crippen LogP contribution in [-0.4, -0.2) is 55.3 Å². The van der Waals surface area contributed by atoms with Crippen molar-refractivity contribution in [1.82, 2.24) is 10.6 Å². The molecule has 1 amide bonds. The van der Waals surface area contributed by atoms with E-state index < -0.39 is 12.2 Å². The van der Waals surface area contributed by atoms with E-state index in [-0.39, 0.29) is 13.2 Å². The van der Waals surface area contributed by atoms with Crippen LogP contribution >= 0.6 is 0 Å².